The molecule has 0 bridgehead atoms. The maximum absolute atomic E-state index is 5.06. The van der Waals surface area contributed by atoms with E-state index in [1.165, 1.54) is 86.7 Å². The molecule has 2 aromatic rings. The van der Waals surface area contributed by atoms with Crippen LogP contribution in [0.15, 0.2) is 58.5 Å². The summed E-state index contributed by atoms with van der Waals surface area (Å²) in [6, 6.07) is 18.6. The lowest BCUT2D eigenvalue weighted by Gasteiger charge is -2.26. The van der Waals surface area contributed by atoms with Crippen LogP contribution in [0.2, 0.25) is 0 Å². The van der Waals surface area contributed by atoms with Gasteiger partial charge in [-0.1, -0.05) is 90.5 Å². The van der Waals surface area contributed by atoms with Crippen molar-refractivity contribution in [3.63, 3.8) is 0 Å². The molecule has 0 heterocycles. The van der Waals surface area contributed by atoms with Crippen molar-refractivity contribution in [1.82, 2.24) is 0 Å². The minimum Gasteiger partial charge on any atom is -0.372 e. The van der Waals surface area contributed by atoms with Crippen LogP contribution in [0.1, 0.15) is 116 Å². The van der Waals surface area contributed by atoms with Crippen molar-refractivity contribution < 1.29 is 0 Å². The molecule has 220 valence electrons. The van der Waals surface area contributed by atoms with Crippen molar-refractivity contribution in [2.24, 2.45) is 9.98 Å². The van der Waals surface area contributed by atoms with Gasteiger partial charge in [-0.3, -0.25) is 9.98 Å². The van der Waals surface area contributed by atoms with Crippen LogP contribution < -0.4 is 9.80 Å². The van der Waals surface area contributed by atoms with Gasteiger partial charge in [0.2, 0.25) is 0 Å². The molecular formula is C36H56N4. The topological polar surface area (TPSA) is 31.2 Å². The maximum atomic E-state index is 5.06. The van der Waals surface area contributed by atoms with Gasteiger partial charge in [0.05, 0.1) is 12.1 Å². The van der Waals surface area contributed by atoms with E-state index in [2.05, 4.69) is 98.5 Å². The van der Waals surface area contributed by atoms with Gasteiger partial charge in [0, 0.05) is 50.0 Å². The second kappa shape index (κ2) is 18.7. The van der Waals surface area contributed by atoms with Crippen LogP contribution >= 0.6 is 0 Å². The summed E-state index contributed by atoms with van der Waals surface area (Å²) < 4.78 is 0. The number of unbranched alkanes of at least 4 members (excludes halogenated alkanes) is 4. The second-order valence-corrected chi connectivity index (χ2v) is 11.5. The molecule has 0 radical (unpaired) electrons. The molecule has 2 atom stereocenters. The van der Waals surface area contributed by atoms with E-state index < -0.39 is 0 Å². The molecule has 4 nitrogen and oxygen atoms in total. The quantitative estimate of drug-likeness (QED) is 0.175. The summed E-state index contributed by atoms with van der Waals surface area (Å²) >= 11 is 0. The zero-order valence-corrected chi connectivity index (χ0v) is 26.0. The van der Waals surface area contributed by atoms with Crippen LogP contribution in [0.3, 0.4) is 0 Å². The fraction of sp³-hybridized carbons (Fsp3) is 0.611. The van der Waals surface area contributed by atoms with Crippen molar-refractivity contribution in [3.8, 4) is 0 Å². The molecule has 0 N–H and O–H groups in total. The van der Waals surface area contributed by atoms with Gasteiger partial charge in [-0.2, -0.15) is 0 Å². The number of hydrogen-bond acceptors (Lipinski definition) is 4. The number of hydrogen-bond donors (Lipinski definition) is 0. The summed E-state index contributed by atoms with van der Waals surface area (Å²) in [5.41, 5.74) is 5.05. The molecule has 1 aliphatic rings. The molecule has 1 aliphatic carbocycles. The second-order valence-electron chi connectivity index (χ2n) is 11.5. The van der Waals surface area contributed by atoms with E-state index in [0.717, 1.165) is 39.0 Å². The molecule has 1 saturated carbocycles. The van der Waals surface area contributed by atoms with E-state index in [1.54, 1.807) is 0 Å². The highest BCUT2D eigenvalue weighted by molar-refractivity contribution is 5.81. The average Bonchev–Trinajstić information content (AvgIpc) is 3.00. The first-order valence-corrected chi connectivity index (χ1v) is 16.4. The fourth-order valence-electron chi connectivity index (χ4n) is 5.48. The molecule has 4 heteroatoms. The molecular weight excluding hydrogens is 488 g/mol. The third kappa shape index (κ3) is 10.7. The summed E-state index contributed by atoms with van der Waals surface area (Å²) in [7, 11) is 0. The lowest BCUT2D eigenvalue weighted by atomic mass is 9.91. The van der Waals surface area contributed by atoms with Crippen LogP contribution in [0, 0.1) is 0 Å². The molecule has 40 heavy (non-hydrogen) atoms. The van der Waals surface area contributed by atoms with Crippen LogP contribution in [0.4, 0.5) is 11.4 Å². The number of aliphatic imine (C=N–C) groups is 2. The highest BCUT2D eigenvalue weighted by Gasteiger charge is 2.23. The van der Waals surface area contributed by atoms with Gasteiger partial charge >= 0.3 is 0 Å². The summed E-state index contributed by atoms with van der Waals surface area (Å²) in [5.74, 6) is 0. The minimum atomic E-state index is 0.271. The van der Waals surface area contributed by atoms with Gasteiger partial charge in [0.1, 0.15) is 0 Å². The fourth-order valence-corrected chi connectivity index (χ4v) is 5.48. The molecule has 2 unspecified atom stereocenters. The van der Waals surface area contributed by atoms with Crippen LogP contribution in [0.25, 0.3) is 0 Å². The van der Waals surface area contributed by atoms with Gasteiger partial charge < -0.3 is 9.80 Å². The largest absolute Gasteiger partial charge is 0.372 e. The monoisotopic (exact) mass is 544 g/mol. The Morgan fingerprint density at radius 3 is 1.18 bits per heavy atom. The summed E-state index contributed by atoms with van der Waals surface area (Å²) in [5, 5.41) is 0. The van der Waals surface area contributed by atoms with Crippen molar-refractivity contribution in [3.05, 3.63) is 59.7 Å². The van der Waals surface area contributed by atoms with Gasteiger partial charge in [0.15, 0.2) is 0 Å². The number of benzene rings is 2. The van der Waals surface area contributed by atoms with Gasteiger partial charge in [-0.25, -0.2) is 0 Å². The highest BCUT2D eigenvalue weighted by atomic mass is 15.1. The lowest BCUT2D eigenvalue weighted by Crippen LogP contribution is -2.27. The predicted octanol–water partition coefficient (Wildman–Crippen LogP) is 9.35. The highest BCUT2D eigenvalue weighted by Crippen LogP contribution is 2.25. The van der Waals surface area contributed by atoms with E-state index >= 15 is 0 Å². The summed E-state index contributed by atoms with van der Waals surface area (Å²) in [4.78, 5) is 15.2. The standard InChI is InChI=1S/C36H56N4/c1-5-9-25-39(26-10-6-2)33-21-17-31(18-22-33)29-37-35-15-13-14-16-36(35)38-30-32-19-23-34(24-20-32)40(27-11-7-3)28-12-8-4/h17-24,29-30,35-36H,5-16,25-28H2,1-4H3. The van der Waals surface area contributed by atoms with Crippen molar-refractivity contribution in [1.29, 1.82) is 0 Å². The normalized spacial score (nSPS) is 17.6. The number of nitrogens with zero attached hydrogens (tertiary/aromatic N) is 4. The zero-order chi connectivity index (χ0) is 28.4. The summed E-state index contributed by atoms with van der Waals surface area (Å²) in [6.45, 7) is 13.7. The molecule has 1 fully saturated rings. The lowest BCUT2D eigenvalue weighted by molar-refractivity contribution is 0.390. The van der Waals surface area contributed by atoms with E-state index in [1.807, 2.05) is 0 Å². The SMILES string of the molecule is CCCCN(CCCC)c1ccc(C=NC2CCCCC2N=Cc2ccc(N(CCCC)CCCC)cc2)cc1. The molecule has 0 amide bonds. The number of anilines is 2. The van der Waals surface area contributed by atoms with E-state index in [4.69, 9.17) is 9.98 Å². The van der Waals surface area contributed by atoms with Gasteiger partial charge in [0.25, 0.3) is 0 Å². The number of rotatable bonds is 18. The predicted molar refractivity (Wildman–Crippen MR) is 178 cm³/mol. The van der Waals surface area contributed by atoms with Crippen LogP contribution in [-0.4, -0.2) is 50.7 Å². The molecule has 0 aliphatic heterocycles. The van der Waals surface area contributed by atoms with Crippen LogP contribution in [0.5, 0.6) is 0 Å². The Kier molecular flexibility index (Phi) is 14.9. The third-order valence-corrected chi connectivity index (χ3v) is 8.17. The van der Waals surface area contributed by atoms with E-state index in [0.29, 0.717) is 0 Å². The molecule has 0 spiro atoms. The first-order chi connectivity index (χ1) is 19.7. The van der Waals surface area contributed by atoms with Crippen molar-refractivity contribution in [2.75, 3.05) is 36.0 Å². The first-order valence-electron chi connectivity index (χ1n) is 16.4. The van der Waals surface area contributed by atoms with Crippen LogP contribution in [-0.2, 0) is 0 Å². The first kappa shape index (κ1) is 31.9. The maximum Gasteiger partial charge on any atom is 0.0723 e. The smallest absolute Gasteiger partial charge is 0.0723 e. The van der Waals surface area contributed by atoms with Crippen molar-refractivity contribution >= 4 is 23.8 Å². The zero-order valence-electron chi connectivity index (χ0n) is 26.0. The minimum absolute atomic E-state index is 0.271. The van der Waals surface area contributed by atoms with E-state index in [9.17, 15) is 0 Å². The van der Waals surface area contributed by atoms with Crippen molar-refractivity contribution in [2.45, 2.75) is 117 Å². The summed E-state index contributed by atoms with van der Waals surface area (Å²) in [6.07, 6.45) is 18.8. The molecule has 0 saturated heterocycles. The average molecular weight is 545 g/mol. The Morgan fingerprint density at radius 2 is 0.875 bits per heavy atom. The third-order valence-electron chi connectivity index (χ3n) is 8.17. The Labute approximate surface area is 246 Å². The Balaban J connectivity index is 1.61. The molecule has 2 aromatic carbocycles. The van der Waals surface area contributed by atoms with Gasteiger partial charge in [-0.15, -0.1) is 0 Å². The molecule has 3 rings (SSSR count). The Hall–Kier alpha value is -2.62. The Bertz CT molecular complexity index is 881. The molecule has 0 aromatic heterocycles. The van der Waals surface area contributed by atoms with E-state index in [-0.39, 0.29) is 12.1 Å². The Morgan fingerprint density at radius 1 is 0.550 bits per heavy atom. The van der Waals surface area contributed by atoms with Gasteiger partial charge in [-0.05, 0) is 73.9 Å².